The van der Waals surface area contributed by atoms with Gasteiger partial charge in [0.25, 0.3) is 5.91 Å². The van der Waals surface area contributed by atoms with Crippen LogP contribution in [-0.2, 0) is 11.0 Å². The summed E-state index contributed by atoms with van der Waals surface area (Å²) in [6.07, 6.45) is -3.86. The number of amides is 2. The van der Waals surface area contributed by atoms with Gasteiger partial charge in [-0.25, -0.2) is 4.39 Å². The summed E-state index contributed by atoms with van der Waals surface area (Å²) in [6.45, 7) is 3.45. The predicted octanol–water partition coefficient (Wildman–Crippen LogP) is 4.37. The molecule has 164 valence electrons. The van der Waals surface area contributed by atoms with Crippen LogP contribution in [0.3, 0.4) is 0 Å². The molecule has 0 unspecified atom stereocenters. The highest BCUT2D eigenvalue weighted by molar-refractivity contribution is 6.03. The maximum absolute atomic E-state index is 13.7. The molecule has 1 fully saturated rings. The van der Waals surface area contributed by atoms with Crippen molar-refractivity contribution in [3.8, 4) is 0 Å². The lowest BCUT2D eigenvalue weighted by atomic mass is 9.95. The molecule has 0 aromatic heterocycles. The summed E-state index contributed by atoms with van der Waals surface area (Å²) in [5.41, 5.74) is 0.426. The summed E-state index contributed by atoms with van der Waals surface area (Å²) in [5, 5.41) is 2.82. The lowest BCUT2D eigenvalue weighted by Crippen LogP contribution is -2.59. The van der Waals surface area contributed by atoms with Gasteiger partial charge in [-0.15, -0.1) is 0 Å². The Hall–Kier alpha value is -3.10. The van der Waals surface area contributed by atoms with Crippen LogP contribution in [0.4, 0.5) is 28.9 Å². The zero-order valence-electron chi connectivity index (χ0n) is 17.0. The van der Waals surface area contributed by atoms with Crippen molar-refractivity contribution in [3.05, 3.63) is 58.9 Å². The molecule has 1 N–H and O–H groups in total. The largest absolute Gasteiger partial charge is 0.416 e. The Balaban J connectivity index is 1.83. The van der Waals surface area contributed by atoms with E-state index < -0.39 is 23.5 Å². The number of fused-ring (bicyclic) bond motifs is 1. The predicted molar refractivity (Wildman–Crippen MR) is 106 cm³/mol. The van der Waals surface area contributed by atoms with Gasteiger partial charge in [-0.05, 0) is 62.2 Å². The maximum Gasteiger partial charge on any atom is 0.416 e. The second-order valence-corrected chi connectivity index (χ2v) is 7.97. The van der Waals surface area contributed by atoms with E-state index in [-0.39, 0.29) is 42.3 Å². The molecular weight excluding hydrogens is 414 g/mol. The van der Waals surface area contributed by atoms with Crippen LogP contribution in [-0.4, -0.2) is 35.5 Å². The number of carbonyl (C=O) groups is 2. The van der Waals surface area contributed by atoms with E-state index in [1.807, 2.05) is 0 Å². The zero-order valence-corrected chi connectivity index (χ0v) is 17.0. The third-order valence-electron chi connectivity index (χ3n) is 5.88. The van der Waals surface area contributed by atoms with Gasteiger partial charge in [-0.3, -0.25) is 9.59 Å². The molecule has 0 bridgehead atoms. The van der Waals surface area contributed by atoms with Crippen molar-refractivity contribution in [2.75, 3.05) is 11.6 Å². The van der Waals surface area contributed by atoms with Crippen LogP contribution < -0.4 is 10.2 Å². The molecule has 2 aliphatic rings. The van der Waals surface area contributed by atoms with E-state index in [0.29, 0.717) is 17.7 Å². The summed E-state index contributed by atoms with van der Waals surface area (Å²) < 4.78 is 53.8. The number of alkyl halides is 3. The van der Waals surface area contributed by atoms with Gasteiger partial charge in [-0.1, -0.05) is 0 Å². The lowest BCUT2D eigenvalue weighted by Gasteiger charge is -2.45. The highest BCUT2D eigenvalue weighted by atomic mass is 19.4. The number of piperidine rings is 1. The van der Waals surface area contributed by atoms with Crippen LogP contribution in [0.1, 0.15) is 41.3 Å². The number of hydrogen-bond acceptors (Lipinski definition) is 3. The number of hydrogen-bond donors (Lipinski definition) is 1. The average molecular weight is 435 g/mol. The van der Waals surface area contributed by atoms with E-state index in [1.165, 1.54) is 24.3 Å². The Labute approximate surface area is 176 Å². The highest BCUT2D eigenvalue weighted by Crippen LogP contribution is 2.40. The number of benzene rings is 2. The molecule has 4 rings (SSSR count). The van der Waals surface area contributed by atoms with Crippen LogP contribution in [0.25, 0.3) is 0 Å². The number of nitrogens with one attached hydrogen (secondary N) is 1. The molecule has 0 spiro atoms. The molecule has 9 heteroatoms. The van der Waals surface area contributed by atoms with Gasteiger partial charge in [0.05, 0.1) is 29.5 Å². The molecule has 2 atom stereocenters. The zero-order chi connectivity index (χ0) is 22.5. The molecule has 0 aliphatic carbocycles. The van der Waals surface area contributed by atoms with E-state index in [0.717, 1.165) is 12.1 Å². The van der Waals surface area contributed by atoms with Gasteiger partial charge in [0, 0.05) is 18.2 Å². The van der Waals surface area contributed by atoms with E-state index in [9.17, 15) is 27.2 Å². The van der Waals surface area contributed by atoms with E-state index in [2.05, 4.69) is 5.32 Å². The number of carbonyl (C=O) groups excluding carboxylic acids is 2. The molecular formula is C22H21F4N3O2. The standard InChI is InChI=1S/C22H21F4N3O2/c1-12-9-15(23)4-6-17(12)28-11-29(18-7-8-20(30)27-13(18)2)21(31)16-5-3-14(10-19(16)28)22(24,25)26/h3-6,9-10,13,18H,7-8,11H2,1-2H3,(H,27,30)/t13-,18-/m0/s1. The Bertz CT molecular complexity index is 1050. The third kappa shape index (κ3) is 3.84. The second kappa shape index (κ2) is 7.55. The smallest absolute Gasteiger partial charge is 0.352 e. The van der Waals surface area contributed by atoms with Crippen molar-refractivity contribution in [1.82, 2.24) is 10.2 Å². The number of aryl methyl sites for hydroxylation is 1. The van der Waals surface area contributed by atoms with Gasteiger partial charge in [0.2, 0.25) is 5.91 Å². The van der Waals surface area contributed by atoms with Gasteiger partial charge in [0.1, 0.15) is 5.82 Å². The van der Waals surface area contributed by atoms with Gasteiger partial charge >= 0.3 is 6.18 Å². The first-order chi connectivity index (χ1) is 14.6. The van der Waals surface area contributed by atoms with Gasteiger partial charge in [-0.2, -0.15) is 13.2 Å². The fraction of sp³-hybridized carbons (Fsp3) is 0.364. The number of anilines is 2. The minimum atomic E-state index is -4.57. The van der Waals surface area contributed by atoms with Crippen LogP contribution in [0.15, 0.2) is 36.4 Å². The van der Waals surface area contributed by atoms with Crippen molar-refractivity contribution in [3.63, 3.8) is 0 Å². The van der Waals surface area contributed by atoms with Gasteiger partial charge in [0.15, 0.2) is 0 Å². The Kier molecular flexibility index (Phi) is 5.15. The normalized spacial score (nSPS) is 21.7. The summed E-state index contributed by atoms with van der Waals surface area (Å²) >= 11 is 0. The molecule has 1 saturated heterocycles. The number of rotatable bonds is 2. The van der Waals surface area contributed by atoms with E-state index in [1.54, 1.807) is 23.6 Å². The van der Waals surface area contributed by atoms with Crippen LogP contribution in [0.5, 0.6) is 0 Å². The second-order valence-electron chi connectivity index (χ2n) is 7.97. The Morgan fingerprint density at radius 1 is 1.06 bits per heavy atom. The Morgan fingerprint density at radius 2 is 1.81 bits per heavy atom. The monoisotopic (exact) mass is 435 g/mol. The lowest BCUT2D eigenvalue weighted by molar-refractivity contribution is -0.137. The summed E-state index contributed by atoms with van der Waals surface area (Å²) in [4.78, 5) is 28.1. The first-order valence-electron chi connectivity index (χ1n) is 9.91. The van der Waals surface area contributed by atoms with Crippen molar-refractivity contribution < 1.29 is 27.2 Å². The van der Waals surface area contributed by atoms with Crippen LogP contribution in [0, 0.1) is 12.7 Å². The SMILES string of the molecule is Cc1cc(F)ccc1N1CN([C@H]2CCC(=O)N[C@H]2C)C(=O)c2ccc(C(F)(F)F)cc21. The fourth-order valence-electron chi connectivity index (χ4n) is 4.32. The summed E-state index contributed by atoms with van der Waals surface area (Å²) in [6, 6.07) is 6.44. The van der Waals surface area contributed by atoms with Gasteiger partial charge < -0.3 is 15.1 Å². The molecule has 2 aliphatic heterocycles. The molecule has 0 saturated carbocycles. The number of nitrogens with zero attached hydrogens (tertiary/aromatic N) is 2. The topological polar surface area (TPSA) is 52.6 Å². The average Bonchev–Trinajstić information content (AvgIpc) is 2.68. The molecule has 31 heavy (non-hydrogen) atoms. The van der Waals surface area contributed by atoms with Crippen LogP contribution in [0.2, 0.25) is 0 Å². The van der Waals surface area contributed by atoms with Crippen molar-refractivity contribution >= 4 is 23.2 Å². The molecule has 2 aromatic carbocycles. The quantitative estimate of drug-likeness (QED) is 0.713. The summed E-state index contributed by atoms with van der Waals surface area (Å²) in [5.74, 6) is -0.957. The minimum Gasteiger partial charge on any atom is -0.352 e. The number of halogens is 4. The van der Waals surface area contributed by atoms with Crippen LogP contribution >= 0.6 is 0 Å². The molecule has 2 heterocycles. The third-order valence-corrected chi connectivity index (χ3v) is 5.88. The van der Waals surface area contributed by atoms with E-state index in [4.69, 9.17) is 0 Å². The first-order valence-corrected chi connectivity index (χ1v) is 9.91. The molecule has 5 nitrogen and oxygen atoms in total. The van der Waals surface area contributed by atoms with Crippen molar-refractivity contribution in [2.45, 2.75) is 44.9 Å². The highest BCUT2D eigenvalue weighted by Gasteiger charge is 2.40. The van der Waals surface area contributed by atoms with Crippen molar-refractivity contribution in [1.29, 1.82) is 0 Å². The summed E-state index contributed by atoms with van der Waals surface area (Å²) in [7, 11) is 0. The molecule has 2 aromatic rings. The van der Waals surface area contributed by atoms with E-state index >= 15 is 0 Å². The molecule has 2 amide bonds. The fourth-order valence-corrected chi connectivity index (χ4v) is 4.32. The molecule has 0 radical (unpaired) electrons. The Morgan fingerprint density at radius 3 is 2.45 bits per heavy atom. The minimum absolute atomic E-state index is 0.00943. The first kappa shape index (κ1) is 21.1. The van der Waals surface area contributed by atoms with Crippen molar-refractivity contribution in [2.24, 2.45) is 0 Å². The maximum atomic E-state index is 13.7.